The van der Waals surface area contributed by atoms with Gasteiger partial charge in [0.2, 0.25) is 0 Å². The number of rotatable bonds is 6. The Balaban J connectivity index is 0.00000288. The average Bonchev–Trinajstić information content (AvgIpc) is 2.95. The summed E-state index contributed by atoms with van der Waals surface area (Å²) in [7, 11) is 0. The number of thiazole rings is 1. The van der Waals surface area contributed by atoms with Crippen molar-refractivity contribution in [2.45, 2.75) is 25.4 Å². The maximum Gasteiger partial charge on any atom is 0.389 e. The molecule has 0 saturated heterocycles. The van der Waals surface area contributed by atoms with E-state index in [9.17, 15) is 18.0 Å². The van der Waals surface area contributed by atoms with Crippen molar-refractivity contribution >= 4 is 35.3 Å². The van der Waals surface area contributed by atoms with Gasteiger partial charge in [0.25, 0.3) is 5.91 Å². The number of amides is 1. The summed E-state index contributed by atoms with van der Waals surface area (Å²) in [5.74, 6) is -0.441. The molecule has 0 saturated carbocycles. The number of carbonyl (C=O) groups is 1. The molecule has 0 atom stereocenters. The highest BCUT2D eigenvalue weighted by atomic mass is 35.5. The van der Waals surface area contributed by atoms with E-state index in [4.69, 9.17) is 5.73 Å². The van der Waals surface area contributed by atoms with Gasteiger partial charge in [0, 0.05) is 23.9 Å². The van der Waals surface area contributed by atoms with Crippen molar-refractivity contribution in [2.24, 2.45) is 5.73 Å². The zero-order chi connectivity index (χ0) is 16.9. The molecular weight excluding hydrogens is 363 g/mol. The Labute approximate surface area is 147 Å². The predicted octanol–water partition coefficient (Wildman–Crippen LogP) is 3.81. The molecular formula is C15H17ClF3N3OS. The van der Waals surface area contributed by atoms with Gasteiger partial charge in [0.1, 0.15) is 5.69 Å². The van der Waals surface area contributed by atoms with Crippen LogP contribution < -0.4 is 11.1 Å². The minimum atomic E-state index is -4.23. The van der Waals surface area contributed by atoms with E-state index in [1.807, 2.05) is 0 Å². The quantitative estimate of drug-likeness (QED) is 0.801. The summed E-state index contributed by atoms with van der Waals surface area (Å²) in [6, 6.07) is 6.45. The summed E-state index contributed by atoms with van der Waals surface area (Å²) in [6.45, 7) is 0.439. The Morgan fingerprint density at radius 3 is 2.62 bits per heavy atom. The number of nitrogens with one attached hydrogen (secondary N) is 1. The fourth-order valence-corrected chi connectivity index (χ4v) is 2.77. The van der Waals surface area contributed by atoms with E-state index in [2.05, 4.69) is 10.3 Å². The van der Waals surface area contributed by atoms with E-state index in [0.29, 0.717) is 24.2 Å². The fourth-order valence-electron chi connectivity index (χ4n) is 1.98. The Morgan fingerprint density at radius 2 is 1.96 bits per heavy atom. The first kappa shape index (κ1) is 20.4. The van der Waals surface area contributed by atoms with Crippen LogP contribution in [0.5, 0.6) is 0 Å². The lowest BCUT2D eigenvalue weighted by atomic mass is 10.1. The number of anilines is 1. The number of para-hydroxylation sites is 1. The van der Waals surface area contributed by atoms with Crippen LogP contribution in [-0.4, -0.2) is 23.6 Å². The second kappa shape index (κ2) is 9.00. The zero-order valence-electron chi connectivity index (χ0n) is 12.6. The second-order valence-electron chi connectivity index (χ2n) is 4.89. The Hall–Kier alpha value is -1.64. The minimum absolute atomic E-state index is 0. The van der Waals surface area contributed by atoms with Crippen LogP contribution in [0.25, 0.3) is 0 Å². The van der Waals surface area contributed by atoms with Crippen LogP contribution in [0.3, 0.4) is 0 Å². The number of carbonyl (C=O) groups excluding carboxylic acids is 1. The topological polar surface area (TPSA) is 68.0 Å². The molecule has 2 aromatic rings. The van der Waals surface area contributed by atoms with Crippen molar-refractivity contribution in [1.29, 1.82) is 0 Å². The van der Waals surface area contributed by atoms with Crippen LogP contribution in [-0.2, 0) is 12.8 Å². The number of hydrogen-bond acceptors (Lipinski definition) is 4. The third-order valence-corrected chi connectivity index (χ3v) is 3.99. The Morgan fingerprint density at radius 1 is 1.25 bits per heavy atom. The van der Waals surface area contributed by atoms with E-state index >= 15 is 0 Å². The highest BCUT2D eigenvalue weighted by Crippen LogP contribution is 2.25. The number of aromatic nitrogens is 1. The van der Waals surface area contributed by atoms with Crippen LogP contribution in [0, 0.1) is 0 Å². The highest BCUT2D eigenvalue weighted by Gasteiger charge is 2.27. The Kier molecular flexibility index (Phi) is 7.65. The summed E-state index contributed by atoms with van der Waals surface area (Å²) in [6.07, 6.45) is -4.77. The van der Waals surface area contributed by atoms with Gasteiger partial charge in [-0.1, -0.05) is 18.2 Å². The SMILES string of the molecule is Cl.NCCc1nc(C(=O)Nc2ccccc2CCC(F)(F)F)cs1. The van der Waals surface area contributed by atoms with Crippen LogP contribution in [0.2, 0.25) is 0 Å². The van der Waals surface area contributed by atoms with Crippen molar-refractivity contribution in [2.75, 3.05) is 11.9 Å². The standard InChI is InChI=1S/C15H16F3N3OS.ClH/c16-15(17,18)7-5-10-3-1-2-4-11(10)21-14(22)12-9-23-13(20-12)6-8-19;/h1-4,9H,5-8,19H2,(H,21,22);1H. The molecule has 3 N–H and O–H groups in total. The fraction of sp³-hybridized carbons (Fsp3) is 0.333. The Bertz CT molecular complexity index is 676. The molecule has 1 aromatic heterocycles. The summed E-state index contributed by atoms with van der Waals surface area (Å²) in [5, 5.41) is 4.99. The van der Waals surface area contributed by atoms with E-state index in [1.165, 1.54) is 11.3 Å². The third-order valence-electron chi connectivity index (χ3n) is 3.09. The van der Waals surface area contributed by atoms with Crippen LogP contribution in [0.15, 0.2) is 29.6 Å². The van der Waals surface area contributed by atoms with E-state index in [-0.39, 0.29) is 24.5 Å². The molecule has 4 nitrogen and oxygen atoms in total. The zero-order valence-corrected chi connectivity index (χ0v) is 14.2. The van der Waals surface area contributed by atoms with Gasteiger partial charge in [-0.2, -0.15) is 13.2 Å². The van der Waals surface area contributed by atoms with Crippen molar-refractivity contribution < 1.29 is 18.0 Å². The third kappa shape index (κ3) is 6.10. The first-order valence-corrected chi connectivity index (χ1v) is 7.87. The maximum atomic E-state index is 12.4. The van der Waals surface area contributed by atoms with E-state index in [0.717, 1.165) is 5.01 Å². The van der Waals surface area contributed by atoms with Gasteiger partial charge in [0.15, 0.2) is 0 Å². The largest absolute Gasteiger partial charge is 0.389 e. The number of benzene rings is 1. The van der Waals surface area contributed by atoms with Gasteiger partial charge in [-0.25, -0.2) is 4.98 Å². The second-order valence-corrected chi connectivity index (χ2v) is 5.83. The van der Waals surface area contributed by atoms with E-state index < -0.39 is 18.5 Å². The van der Waals surface area contributed by atoms with Gasteiger partial charge < -0.3 is 11.1 Å². The van der Waals surface area contributed by atoms with Crippen LogP contribution in [0.1, 0.15) is 27.5 Å². The number of alkyl halides is 3. The van der Waals surface area contributed by atoms with Gasteiger partial charge >= 0.3 is 6.18 Å². The molecule has 2 rings (SSSR count). The minimum Gasteiger partial charge on any atom is -0.330 e. The van der Waals surface area contributed by atoms with Gasteiger partial charge in [-0.3, -0.25) is 4.79 Å². The number of nitrogens with zero attached hydrogens (tertiary/aromatic N) is 1. The summed E-state index contributed by atoms with van der Waals surface area (Å²) >= 11 is 1.33. The predicted molar refractivity (Wildman–Crippen MR) is 90.9 cm³/mol. The summed E-state index contributed by atoms with van der Waals surface area (Å²) in [4.78, 5) is 16.3. The first-order chi connectivity index (χ1) is 10.9. The first-order valence-electron chi connectivity index (χ1n) is 6.99. The normalized spacial score (nSPS) is 11.0. The van der Waals surface area contributed by atoms with Crippen molar-refractivity contribution in [3.63, 3.8) is 0 Å². The molecule has 0 aliphatic rings. The van der Waals surface area contributed by atoms with Crippen molar-refractivity contribution in [1.82, 2.24) is 4.98 Å². The number of halogens is 4. The molecule has 0 fully saturated rings. The molecule has 0 unspecified atom stereocenters. The summed E-state index contributed by atoms with van der Waals surface area (Å²) < 4.78 is 37.1. The molecule has 24 heavy (non-hydrogen) atoms. The van der Waals surface area contributed by atoms with Gasteiger partial charge in [-0.05, 0) is 24.6 Å². The van der Waals surface area contributed by atoms with E-state index in [1.54, 1.807) is 29.6 Å². The molecule has 132 valence electrons. The summed E-state index contributed by atoms with van der Waals surface area (Å²) in [5.41, 5.74) is 6.48. The van der Waals surface area contributed by atoms with Gasteiger partial charge in [0.05, 0.1) is 5.01 Å². The van der Waals surface area contributed by atoms with Crippen molar-refractivity contribution in [3.05, 3.63) is 45.9 Å². The molecule has 0 aliphatic carbocycles. The molecule has 0 bridgehead atoms. The molecule has 0 aliphatic heterocycles. The molecule has 9 heteroatoms. The number of nitrogens with two attached hydrogens (primary N) is 1. The monoisotopic (exact) mass is 379 g/mol. The lowest BCUT2D eigenvalue weighted by molar-refractivity contribution is -0.133. The highest BCUT2D eigenvalue weighted by molar-refractivity contribution is 7.09. The molecule has 0 spiro atoms. The van der Waals surface area contributed by atoms with Gasteiger partial charge in [-0.15, -0.1) is 23.7 Å². The molecule has 1 aromatic carbocycles. The molecule has 1 amide bonds. The van der Waals surface area contributed by atoms with Crippen LogP contribution >= 0.6 is 23.7 Å². The maximum absolute atomic E-state index is 12.4. The lowest BCUT2D eigenvalue weighted by Gasteiger charge is -2.11. The number of hydrogen-bond donors (Lipinski definition) is 2. The average molecular weight is 380 g/mol. The smallest absolute Gasteiger partial charge is 0.330 e. The lowest BCUT2D eigenvalue weighted by Crippen LogP contribution is -2.15. The van der Waals surface area contributed by atoms with Crippen molar-refractivity contribution in [3.8, 4) is 0 Å². The molecule has 0 radical (unpaired) electrons. The number of aryl methyl sites for hydroxylation is 1. The molecule has 1 heterocycles. The van der Waals surface area contributed by atoms with Crippen LogP contribution in [0.4, 0.5) is 18.9 Å².